The minimum atomic E-state index is -2.01. The van der Waals surface area contributed by atoms with Crippen LogP contribution in [0.5, 0.6) is 5.75 Å². The van der Waals surface area contributed by atoms with Crippen molar-refractivity contribution in [1.29, 1.82) is 0 Å². The lowest BCUT2D eigenvalue weighted by Gasteiger charge is -2.50. The van der Waals surface area contributed by atoms with Crippen molar-refractivity contribution in [2.75, 3.05) is 0 Å². The molecule has 2 N–H and O–H groups in total. The molecule has 1 aromatic rings. The van der Waals surface area contributed by atoms with Gasteiger partial charge in [-0.3, -0.25) is 0 Å². The van der Waals surface area contributed by atoms with E-state index in [0.717, 1.165) is 19.3 Å². The zero-order valence-electron chi connectivity index (χ0n) is 14.9. The molecule has 0 aromatic heterocycles. The highest BCUT2D eigenvalue weighted by molar-refractivity contribution is 5.40. The number of phenolic OH excluding ortho intramolecular Hbond substituents is 1. The highest BCUT2D eigenvalue weighted by Crippen LogP contribution is 2.60. The van der Waals surface area contributed by atoms with Crippen LogP contribution in [0, 0.1) is 17.3 Å². The lowest BCUT2D eigenvalue weighted by molar-refractivity contribution is -0.0226. The normalized spacial score (nSPS) is 51.1. The van der Waals surface area contributed by atoms with Gasteiger partial charge in [0.2, 0.25) is 0 Å². The number of aromatic hydroxyl groups is 1. The van der Waals surface area contributed by atoms with E-state index in [4.69, 9.17) is 4.11 Å². The fraction of sp³-hybridized carbons (Fsp3) is 0.667. The predicted molar refractivity (Wildman–Crippen MR) is 78.7 cm³/mol. The molecule has 2 saturated carbocycles. The van der Waals surface area contributed by atoms with E-state index in [1.165, 1.54) is 11.1 Å². The number of rotatable bonds is 0. The molecule has 0 radical (unpaired) electrons. The molecule has 1 aromatic carbocycles. The van der Waals surface area contributed by atoms with E-state index in [9.17, 15) is 10.2 Å². The fourth-order valence-corrected chi connectivity index (χ4v) is 4.97. The van der Waals surface area contributed by atoms with Crippen LogP contribution in [0.15, 0.2) is 18.2 Å². The maximum Gasteiger partial charge on any atom is 0.115 e. The Bertz CT molecular complexity index is 658. The van der Waals surface area contributed by atoms with E-state index in [0.29, 0.717) is 24.0 Å². The molecule has 3 aliphatic carbocycles. The number of aliphatic hydroxyl groups is 1. The smallest absolute Gasteiger partial charge is 0.115 e. The van der Waals surface area contributed by atoms with Crippen LogP contribution < -0.4 is 0 Å². The summed E-state index contributed by atoms with van der Waals surface area (Å²) in [6.07, 6.45) is -0.185. The molecule has 0 bridgehead atoms. The van der Waals surface area contributed by atoms with Crippen LogP contribution in [0.25, 0.3) is 0 Å². The van der Waals surface area contributed by atoms with Crippen LogP contribution in [0.2, 0.25) is 0 Å². The molecule has 5 atom stereocenters. The molecular formula is C18H24O2. The largest absolute Gasteiger partial charge is 0.508 e. The Labute approximate surface area is 125 Å². The summed E-state index contributed by atoms with van der Waals surface area (Å²) < 4.78 is 24.7. The topological polar surface area (TPSA) is 40.5 Å². The van der Waals surface area contributed by atoms with Crippen LogP contribution in [0.1, 0.15) is 60.1 Å². The summed E-state index contributed by atoms with van der Waals surface area (Å²) in [7, 11) is 0. The molecule has 5 unspecified atom stereocenters. The number of fused-ring (bicyclic) bond motifs is 5. The Morgan fingerprint density at radius 2 is 2.20 bits per heavy atom. The second-order valence-corrected chi connectivity index (χ2v) is 6.98. The summed E-state index contributed by atoms with van der Waals surface area (Å²) in [4.78, 5) is 0. The summed E-state index contributed by atoms with van der Waals surface area (Å²) >= 11 is 0. The van der Waals surface area contributed by atoms with Crippen molar-refractivity contribution in [3.05, 3.63) is 29.3 Å². The van der Waals surface area contributed by atoms with E-state index < -0.39 is 17.9 Å². The van der Waals surface area contributed by atoms with Crippen molar-refractivity contribution >= 4 is 0 Å². The minimum Gasteiger partial charge on any atom is -0.508 e. The lowest BCUT2D eigenvalue weighted by Crippen LogP contribution is -2.43. The van der Waals surface area contributed by atoms with Crippen molar-refractivity contribution in [2.45, 2.75) is 57.4 Å². The quantitative estimate of drug-likeness (QED) is 0.759. The molecule has 0 heterocycles. The second-order valence-electron chi connectivity index (χ2n) is 6.98. The van der Waals surface area contributed by atoms with Gasteiger partial charge >= 0.3 is 0 Å². The lowest BCUT2D eigenvalue weighted by atomic mass is 9.55. The molecule has 2 fully saturated rings. The minimum absolute atomic E-state index is 0.0423. The van der Waals surface area contributed by atoms with Gasteiger partial charge < -0.3 is 10.2 Å². The van der Waals surface area contributed by atoms with Crippen molar-refractivity contribution < 1.29 is 14.3 Å². The molecule has 0 aliphatic heterocycles. The fourth-order valence-electron chi connectivity index (χ4n) is 4.97. The standard InChI is InChI=1S/C18H24O2/c1-18-9-8-14-13-5-3-12(19)10-11(13)2-4-15(14)16(18)6-7-17(18)20/h3,5,10,14-17,19-20H,2,4,6-9H2,1H3/i7D2,17D. The summed E-state index contributed by atoms with van der Waals surface area (Å²) in [5.41, 5.74) is 1.81. The second kappa shape index (κ2) is 4.24. The van der Waals surface area contributed by atoms with Gasteiger partial charge in [0, 0.05) is 2.74 Å². The summed E-state index contributed by atoms with van der Waals surface area (Å²) in [6.45, 7) is 1.91. The number of hydrogen-bond donors (Lipinski definition) is 2. The molecule has 4 rings (SSSR count). The summed E-state index contributed by atoms with van der Waals surface area (Å²) in [5.74, 6) is 1.03. The molecule has 2 heteroatoms. The first-order chi connectivity index (χ1) is 10.7. The number of phenols is 1. The third-order valence-electron chi connectivity index (χ3n) is 6.13. The van der Waals surface area contributed by atoms with Crippen LogP contribution >= 0.6 is 0 Å². The van der Waals surface area contributed by atoms with E-state index >= 15 is 0 Å². The molecule has 0 amide bonds. The zero-order valence-corrected chi connectivity index (χ0v) is 11.9. The van der Waals surface area contributed by atoms with Gasteiger partial charge in [-0.1, -0.05) is 13.0 Å². The highest BCUT2D eigenvalue weighted by Gasteiger charge is 2.54. The third-order valence-corrected chi connectivity index (χ3v) is 6.13. The van der Waals surface area contributed by atoms with Crippen molar-refractivity contribution in [2.24, 2.45) is 17.3 Å². The SMILES string of the molecule is [2H]C1([2H])CC2C3CCc4cc(O)ccc4C3CCC2(C)C1([2H])O. The van der Waals surface area contributed by atoms with E-state index in [1.54, 1.807) is 6.07 Å². The summed E-state index contributed by atoms with van der Waals surface area (Å²) in [6, 6.07) is 5.61. The average Bonchev–Trinajstić information content (AvgIpc) is 2.62. The molecule has 108 valence electrons. The number of benzene rings is 1. The van der Waals surface area contributed by atoms with Crippen molar-refractivity contribution in [1.82, 2.24) is 0 Å². The maximum atomic E-state index is 10.7. The van der Waals surface area contributed by atoms with Gasteiger partial charge in [0.25, 0.3) is 0 Å². The van der Waals surface area contributed by atoms with E-state index in [-0.39, 0.29) is 12.3 Å². The van der Waals surface area contributed by atoms with Gasteiger partial charge in [0.1, 0.15) is 5.75 Å². The average molecular weight is 275 g/mol. The molecular weight excluding hydrogens is 248 g/mol. The molecule has 0 saturated heterocycles. The molecule has 20 heavy (non-hydrogen) atoms. The zero-order chi connectivity index (χ0) is 16.6. The van der Waals surface area contributed by atoms with Gasteiger partial charge in [-0.2, -0.15) is 0 Å². The number of hydrogen-bond acceptors (Lipinski definition) is 2. The third kappa shape index (κ3) is 1.60. The molecule has 2 nitrogen and oxygen atoms in total. The Morgan fingerprint density at radius 1 is 1.35 bits per heavy atom. The van der Waals surface area contributed by atoms with Gasteiger partial charge in [-0.25, -0.2) is 0 Å². The first-order valence-electron chi connectivity index (χ1n) is 9.21. The Balaban J connectivity index is 1.75. The monoisotopic (exact) mass is 275 g/mol. The first kappa shape index (κ1) is 9.83. The van der Waals surface area contributed by atoms with Gasteiger partial charge in [0.15, 0.2) is 0 Å². The van der Waals surface area contributed by atoms with Crippen LogP contribution in [-0.2, 0) is 6.42 Å². The van der Waals surface area contributed by atoms with E-state index in [1.807, 2.05) is 19.1 Å². The molecule has 3 aliphatic rings. The van der Waals surface area contributed by atoms with Gasteiger partial charge in [0.05, 0.1) is 7.45 Å². The van der Waals surface area contributed by atoms with E-state index in [2.05, 4.69) is 0 Å². The Hall–Kier alpha value is -1.02. The highest BCUT2D eigenvalue weighted by atomic mass is 16.3. The molecule has 0 spiro atoms. The van der Waals surface area contributed by atoms with Crippen molar-refractivity contribution in [3.63, 3.8) is 0 Å². The van der Waals surface area contributed by atoms with Crippen molar-refractivity contribution in [3.8, 4) is 5.75 Å². The Morgan fingerprint density at radius 3 is 3.05 bits per heavy atom. The Kier molecular flexibility index (Phi) is 2.08. The van der Waals surface area contributed by atoms with Crippen LogP contribution in [0.4, 0.5) is 0 Å². The number of aryl methyl sites for hydroxylation is 1. The van der Waals surface area contributed by atoms with Gasteiger partial charge in [-0.05, 0) is 84.9 Å². The summed E-state index contributed by atoms with van der Waals surface area (Å²) in [5, 5.41) is 20.4. The van der Waals surface area contributed by atoms with Gasteiger partial charge in [-0.15, -0.1) is 0 Å². The predicted octanol–water partition coefficient (Wildman–Crippen LogP) is 3.61. The first-order valence-corrected chi connectivity index (χ1v) is 7.71. The maximum absolute atomic E-state index is 10.7. The van der Waals surface area contributed by atoms with Crippen LogP contribution in [-0.4, -0.2) is 16.3 Å². The van der Waals surface area contributed by atoms with Crippen LogP contribution in [0.3, 0.4) is 0 Å².